The second-order valence-corrected chi connectivity index (χ2v) is 10.3. The number of ether oxygens (including phenoxy) is 2. The first-order chi connectivity index (χ1) is 16.7. The van der Waals surface area contributed by atoms with Crippen LogP contribution in [0.4, 0.5) is 0 Å². The molecule has 4 rings (SSSR count). The number of hydrogen-bond acceptors (Lipinski definition) is 6. The van der Waals surface area contributed by atoms with E-state index in [4.69, 9.17) is 9.47 Å². The van der Waals surface area contributed by atoms with E-state index in [1.54, 1.807) is 68.4 Å². The average molecular weight is 494 g/mol. The van der Waals surface area contributed by atoms with Gasteiger partial charge in [0.1, 0.15) is 11.7 Å². The molecule has 0 aliphatic carbocycles. The van der Waals surface area contributed by atoms with E-state index in [0.717, 1.165) is 15.4 Å². The van der Waals surface area contributed by atoms with E-state index in [1.165, 1.54) is 19.2 Å². The molecular formula is C27H27NO6S. The molecule has 0 bridgehead atoms. The average Bonchev–Trinajstić information content (AvgIpc) is 2.84. The Bertz CT molecular complexity index is 1360. The largest absolute Gasteiger partial charge is 0.497 e. The third-order valence-corrected chi connectivity index (χ3v) is 7.90. The van der Waals surface area contributed by atoms with Crippen LogP contribution in [0.5, 0.6) is 5.75 Å². The second-order valence-electron chi connectivity index (χ2n) is 8.46. The molecule has 1 heterocycles. The number of methoxy groups -OCH3 is 1. The Hall–Kier alpha value is -3.65. The van der Waals surface area contributed by atoms with Crippen LogP contribution in [0.1, 0.15) is 51.5 Å². The highest BCUT2D eigenvalue weighted by Gasteiger charge is 2.50. The van der Waals surface area contributed by atoms with E-state index >= 15 is 0 Å². The van der Waals surface area contributed by atoms with Gasteiger partial charge in [-0.15, -0.1) is 0 Å². The number of aryl methyl sites for hydroxylation is 2. The molecule has 8 heteroatoms. The minimum Gasteiger partial charge on any atom is -0.497 e. The summed E-state index contributed by atoms with van der Waals surface area (Å²) in [6, 6.07) is 16.9. The van der Waals surface area contributed by atoms with Crippen molar-refractivity contribution >= 4 is 21.9 Å². The summed E-state index contributed by atoms with van der Waals surface area (Å²) in [5.41, 5.74) is 2.74. The molecule has 7 nitrogen and oxygen atoms in total. The van der Waals surface area contributed by atoms with Gasteiger partial charge in [0.05, 0.1) is 24.7 Å². The first-order valence-corrected chi connectivity index (χ1v) is 12.7. The summed E-state index contributed by atoms with van der Waals surface area (Å²) >= 11 is 0. The highest BCUT2D eigenvalue weighted by molar-refractivity contribution is 7.89. The Morgan fingerprint density at radius 3 is 2.17 bits per heavy atom. The molecule has 0 fully saturated rings. The van der Waals surface area contributed by atoms with E-state index in [2.05, 4.69) is 0 Å². The van der Waals surface area contributed by atoms with Crippen molar-refractivity contribution in [1.82, 2.24) is 4.31 Å². The van der Waals surface area contributed by atoms with Gasteiger partial charge < -0.3 is 9.47 Å². The van der Waals surface area contributed by atoms with E-state index in [0.29, 0.717) is 16.9 Å². The standard InChI is InChI=1S/C27H27NO6S/c1-5-34-27(30)24-22-15-8-18(3)16-23(22)26(29)28(25(24)19-9-11-20(33-4)12-10-19)35(31,32)21-13-6-17(2)7-14-21/h6-16,24-25H,5H2,1-4H3. The van der Waals surface area contributed by atoms with Crippen molar-refractivity contribution in [3.8, 4) is 5.75 Å². The van der Waals surface area contributed by atoms with Crippen molar-refractivity contribution in [2.75, 3.05) is 13.7 Å². The van der Waals surface area contributed by atoms with E-state index in [9.17, 15) is 18.0 Å². The SMILES string of the molecule is CCOC(=O)C1c2ccc(C)cc2C(=O)N(S(=O)(=O)c2ccc(C)cc2)C1c1ccc(OC)cc1. The fourth-order valence-electron chi connectivity index (χ4n) is 4.38. The lowest BCUT2D eigenvalue weighted by Gasteiger charge is -2.40. The van der Waals surface area contributed by atoms with Crippen LogP contribution in [0.2, 0.25) is 0 Å². The van der Waals surface area contributed by atoms with Crippen molar-refractivity contribution in [2.45, 2.75) is 37.6 Å². The van der Waals surface area contributed by atoms with Crippen LogP contribution in [0.15, 0.2) is 71.6 Å². The summed E-state index contributed by atoms with van der Waals surface area (Å²) in [6.45, 7) is 5.45. The number of benzene rings is 3. The topological polar surface area (TPSA) is 90.0 Å². The second kappa shape index (κ2) is 9.54. The zero-order valence-corrected chi connectivity index (χ0v) is 20.8. The Kier molecular flexibility index (Phi) is 6.67. The van der Waals surface area contributed by atoms with Gasteiger partial charge in [0.15, 0.2) is 0 Å². The maximum atomic E-state index is 14.0. The number of nitrogens with zero attached hydrogens (tertiary/aromatic N) is 1. The van der Waals surface area contributed by atoms with Gasteiger partial charge in [-0.05, 0) is 62.2 Å². The number of sulfonamides is 1. The number of esters is 1. The number of fused-ring (bicyclic) bond motifs is 1. The fourth-order valence-corrected chi connectivity index (χ4v) is 5.94. The van der Waals surface area contributed by atoms with Gasteiger partial charge in [-0.1, -0.05) is 47.5 Å². The summed E-state index contributed by atoms with van der Waals surface area (Å²) < 4.78 is 39.4. The molecule has 1 aliphatic heterocycles. The van der Waals surface area contributed by atoms with Crippen LogP contribution in [-0.2, 0) is 19.6 Å². The van der Waals surface area contributed by atoms with Gasteiger partial charge in [-0.25, -0.2) is 12.7 Å². The summed E-state index contributed by atoms with van der Waals surface area (Å²) in [5.74, 6) is -1.77. The summed E-state index contributed by atoms with van der Waals surface area (Å²) in [5, 5.41) is 0. The molecule has 35 heavy (non-hydrogen) atoms. The number of hydrogen-bond donors (Lipinski definition) is 0. The zero-order valence-electron chi connectivity index (χ0n) is 20.0. The number of rotatable bonds is 6. The van der Waals surface area contributed by atoms with Crippen molar-refractivity contribution < 1.29 is 27.5 Å². The lowest BCUT2D eigenvalue weighted by Crippen LogP contribution is -2.48. The van der Waals surface area contributed by atoms with Gasteiger partial charge in [-0.3, -0.25) is 9.59 Å². The van der Waals surface area contributed by atoms with Gasteiger partial charge in [-0.2, -0.15) is 0 Å². The van der Waals surface area contributed by atoms with Crippen molar-refractivity contribution in [1.29, 1.82) is 0 Å². The minimum atomic E-state index is -4.33. The van der Waals surface area contributed by atoms with Crippen LogP contribution in [0, 0.1) is 13.8 Å². The molecule has 0 radical (unpaired) electrons. The molecule has 0 saturated heterocycles. The van der Waals surface area contributed by atoms with Gasteiger partial charge in [0.2, 0.25) is 0 Å². The Morgan fingerprint density at radius 1 is 0.943 bits per heavy atom. The molecule has 0 N–H and O–H groups in total. The van der Waals surface area contributed by atoms with Crippen molar-refractivity contribution in [3.05, 3.63) is 94.5 Å². The number of carbonyl (C=O) groups is 2. The van der Waals surface area contributed by atoms with E-state index < -0.39 is 33.9 Å². The molecule has 182 valence electrons. The van der Waals surface area contributed by atoms with Crippen molar-refractivity contribution in [2.24, 2.45) is 0 Å². The molecule has 0 saturated carbocycles. The highest BCUT2D eigenvalue weighted by atomic mass is 32.2. The normalized spacial score (nSPS) is 17.6. The van der Waals surface area contributed by atoms with E-state index in [1.807, 2.05) is 6.92 Å². The van der Waals surface area contributed by atoms with Crippen molar-refractivity contribution in [3.63, 3.8) is 0 Å². The molecule has 0 spiro atoms. The smallest absolute Gasteiger partial charge is 0.315 e. The summed E-state index contributed by atoms with van der Waals surface area (Å²) in [4.78, 5) is 27.2. The minimum absolute atomic E-state index is 0.0336. The molecule has 1 amide bonds. The first-order valence-electron chi connectivity index (χ1n) is 11.3. The Balaban J connectivity index is 2.01. The number of carbonyl (C=O) groups excluding carboxylic acids is 2. The molecule has 3 aromatic carbocycles. The molecule has 2 unspecified atom stereocenters. The van der Waals surface area contributed by atoms with E-state index in [-0.39, 0.29) is 17.1 Å². The molecule has 1 aliphatic rings. The predicted molar refractivity (Wildman–Crippen MR) is 131 cm³/mol. The summed E-state index contributed by atoms with van der Waals surface area (Å²) in [6.07, 6.45) is 0. The van der Waals surface area contributed by atoms with Gasteiger partial charge >= 0.3 is 5.97 Å². The predicted octanol–water partition coefficient (Wildman–Crippen LogP) is 4.54. The lowest BCUT2D eigenvalue weighted by atomic mass is 9.80. The molecule has 3 aromatic rings. The van der Waals surface area contributed by atoms with Crippen LogP contribution < -0.4 is 4.74 Å². The summed E-state index contributed by atoms with van der Waals surface area (Å²) in [7, 11) is -2.81. The third kappa shape index (κ3) is 4.41. The third-order valence-electron chi connectivity index (χ3n) is 6.12. The zero-order chi connectivity index (χ0) is 25.3. The maximum Gasteiger partial charge on any atom is 0.315 e. The lowest BCUT2D eigenvalue weighted by molar-refractivity contribution is -0.146. The monoisotopic (exact) mass is 493 g/mol. The number of amides is 1. The molecular weight excluding hydrogens is 466 g/mol. The quantitative estimate of drug-likeness (QED) is 0.468. The van der Waals surface area contributed by atoms with Crippen LogP contribution in [0.3, 0.4) is 0 Å². The molecule has 2 atom stereocenters. The molecule has 0 aromatic heterocycles. The first kappa shape index (κ1) is 24.5. The van der Waals surface area contributed by atoms with Gasteiger partial charge in [0.25, 0.3) is 15.9 Å². The van der Waals surface area contributed by atoms with Crippen LogP contribution in [-0.4, -0.2) is 38.3 Å². The Morgan fingerprint density at radius 2 is 1.57 bits per heavy atom. The van der Waals surface area contributed by atoms with Crippen LogP contribution in [0.25, 0.3) is 0 Å². The Labute approximate surface area is 205 Å². The van der Waals surface area contributed by atoms with Gasteiger partial charge in [0, 0.05) is 5.56 Å². The van der Waals surface area contributed by atoms with Crippen LogP contribution >= 0.6 is 0 Å². The fraction of sp³-hybridized carbons (Fsp3) is 0.259. The highest BCUT2D eigenvalue weighted by Crippen LogP contribution is 2.46. The maximum absolute atomic E-state index is 14.0.